The Kier molecular flexibility index (Phi) is 6.61. The van der Waals surface area contributed by atoms with Crippen molar-refractivity contribution >= 4 is 23.4 Å². The Labute approximate surface area is 185 Å². The van der Waals surface area contributed by atoms with Crippen LogP contribution in [0.5, 0.6) is 0 Å². The number of aliphatic hydroxyl groups excluding tert-OH is 1. The van der Waals surface area contributed by atoms with Crippen LogP contribution in [-0.4, -0.2) is 67.4 Å². The van der Waals surface area contributed by atoms with Crippen molar-refractivity contribution in [2.45, 2.75) is 26.2 Å². The first-order chi connectivity index (χ1) is 15.4. The molecule has 10 heteroatoms. The Morgan fingerprint density at radius 2 is 1.94 bits per heavy atom. The average molecular weight is 446 g/mol. The minimum atomic E-state index is -0.552. The molecule has 2 aliphatic rings. The predicted octanol–water partition coefficient (Wildman–Crippen LogP) is 1.69. The number of furan rings is 1. The Balaban J connectivity index is 1.34. The van der Waals surface area contributed by atoms with Gasteiger partial charge in [0.2, 0.25) is 5.91 Å². The van der Waals surface area contributed by atoms with E-state index in [4.69, 9.17) is 14.3 Å². The zero-order valence-corrected chi connectivity index (χ0v) is 17.9. The van der Waals surface area contributed by atoms with E-state index in [1.54, 1.807) is 18.2 Å². The maximum Gasteiger partial charge on any atom is 0.414 e. The van der Waals surface area contributed by atoms with E-state index in [1.807, 2.05) is 11.0 Å². The van der Waals surface area contributed by atoms with Crippen molar-refractivity contribution in [1.82, 2.24) is 10.2 Å². The van der Waals surface area contributed by atoms with Gasteiger partial charge in [0, 0.05) is 33.1 Å². The summed E-state index contributed by atoms with van der Waals surface area (Å²) < 4.78 is 25.7. The molecule has 2 fully saturated rings. The maximum absolute atomic E-state index is 14.9. The molecular formula is C22H27FN4O5. The van der Waals surface area contributed by atoms with Crippen LogP contribution in [0, 0.1) is 5.82 Å². The molecule has 2 amide bonds. The van der Waals surface area contributed by atoms with E-state index in [0.717, 1.165) is 18.8 Å². The number of halogens is 1. The third-order valence-corrected chi connectivity index (χ3v) is 5.66. The van der Waals surface area contributed by atoms with Gasteiger partial charge in [-0.25, -0.2) is 9.18 Å². The van der Waals surface area contributed by atoms with Gasteiger partial charge in [-0.2, -0.15) is 0 Å². The number of nitrogens with one attached hydrogen (secondary N) is 1. The fourth-order valence-corrected chi connectivity index (χ4v) is 3.98. The monoisotopic (exact) mass is 446 g/mol. The van der Waals surface area contributed by atoms with Crippen LogP contribution in [0.4, 0.5) is 20.6 Å². The van der Waals surface area contributed by atoms with Gasteiger partial charge < -0.3 is 24.5 Å². The lowest BCUT2D eigenvalue weighted by Crippen LogP contribution is -2.46. The van der Waals surface area contributed by atoms with Crippen molar-refractivity contribution < 1.29 is 28.2 Å². The number of aliphatic hydroxyl groups is 1. The molecule has 0 bridgehead atoms. The van der Waals surface area contributed by atoms with E-state index in [9.17, 15) is 14.0 Å². The third-order valence-electron chi connectivity index (χ3n) is 5.66. The standard InChI is InChI=1S/C22H27FN4O5/c1-15(29)24-11-19-13-27(22(30)32-19)16-2-5-21(20(23)10-16)26-8-6-25(7-9-26)12-17-3-4-18(14-28)31-17/h2-5,10,19,28H,6-9,11-14H2,1H3,(H,24,29)/t19-/m0/s1. The summed E-state index contributed by atoms with van der Waals surface area (Å²) in [4.78, 5) is 28.8. The molecule has 4 rings (SSSR count). The topological polar surface area (TPSA) is 98.5 Å². The Morgan fingerprint density at radius 3 is 2.59 bits per heavy atom. The molecule has 0 saturated carbocycles. The summed E-state index contributed by atoms with van der Waals surface area (Å²) >= 11 is 0. The number of ether oxygens (including phenoxy) is 1. The summed E-state index contributed by atoms with van der Waals surface area (Å²) in [6.07, 6.45) is -1.02. The molecule has 2 aromatic rings. The minimum absolute atomic E-state index is 0.117. The Morgan fingerprint density at radius 1 is 1.19 bits per heavy atom. The van der Waals surface area contributed by atoms with Crippen LogP contribution in [-0.2, 0) is 22.7 Å². The molecule has 32 heavy (non-hydrogen) atoms. The van der Waals surface area contributed by atoms with E-state index in [0.29, 0.717) is 36.8 Å². The van der Waals surface area contributed by atoms with Crippen LogP contribution in [0.2, 0.25) is 0 Å². The van der Waals surface area contributed by atoms with Gasteiger partial charge in [-0.3, -0.25) is 14.6 Å². The lowest BCUT2D eigenvalue weighted by Gasteiger charge is -2.36. The van der Waals surface area contributed by atoms with Gasteiger partial charge in [0.05, 0.1) is 31.0 Å². The number of cyclic esters (lactones) is 1. The number of anilines is 2. The number of carbonyl (C=O) groups is 2. The van der Waals surface area contributed by atoms with E-state index >= 15 is 0 Å². The van der Waals surface area contributed by atoms with E-state index in [1.165, 1.54) is 17.9 Å². The van der Waals surface area contributed by atoms with Gasteiger partial charge in [-0.1, -0.05) is 0 Å². The van der Waals surface area contributed by atoms with Crippen molar-refractivity contribution in [3.05, 3.63) is 47.7 Å². The Hall–Kier alpha value is -3.11. The molecule has 2 N–H and O–H groups in total. The number of amides is 2. The van der Waals surface area contributed by atoms with Crippen molar-refractivity contribution in [1.29, 1.82) is 0 Å². The lowest BCUT2D eigenvalue weighted by molar-refractivity contribution is -0.119. The number of hydrogen-bond acceptors (Lipinski definition) is 7. The molecule has 3 heterocycles. The van der Waals surface area contributed by atoms with Gasteiger partial charge >= 0.3 is 6.09 Å². The Bertz CT molecular complexity index is 973. The minimum Gasteiger partial charge on any atom is -0.462 e. The van der Waals surface area contributed by atoms with Gasteiger partial charge in [0.15, 0.2) is 0 Å². The van der Waals surface area contributed by atoms with Gasteiger partial charge in [0.25, 0.3) is 0 Å². The number of rotatable bonds is 7. The van der Waals surface area contributed by atoms with Gasteiger partial charge in [-0.05, 0) is 30.3 Å². The second-order valence-corrected chi connectivity index (χ2v) is 7.98. The molecule has 0 unspecified atom stereocenters. The van der Waals surface area contributed by atoms with E-state index in [2.05, 4.69) is 10.2 Å². The summed E-state index contributed by atoms with van der Waals surface area (Å²) in [5.74, 6) is 0.748. The first-order valence-electron chi connectivity index (χ1n) is 10.6. The number of benzene rings is 1. The first kappa shape index (κ1) is 22.1. The molecule has 0 radical (unpaired) electrons. The fourth-order valence-electron chi connectivity index (χ4n) is 3.98. The second-order valence-electron chi connectivity index (χ2n) is 7.98. The molecule has 172 valence electrons. The highest BCUT2D eigenvalue weighted by Crippen LogP contribution is 2.28. The molecule has 2 saturated heterocycles. The van der Waals surface area contributed by atoms with Gasteiger partial charge in [-0.15, -0.1) is 0 Å². The average Bonchev–Trinajstić information content (AvgIpc) is 3.39. The van der Waals surface area contributed by atoms with E-state index < -0.39 is 18.0 Å². The quantitative estimate of drug-likeness (QED) is 0.668. The van der Waals surface area contributed by atoms with Crippen LogP contribution >= 0.6 is 0 Å². The fraction of sp³-hybridized carbons (Fsp3) is 0.455. The zero-order chi connectivity index (χ0) is 22.7. The largest absolute Gasteiger partial charge is 0.462 e. The molecule has 0 spiro atoms. The van der Waals surface area contributed by atoms with Gasteiger partial charge in [0.1, 0.15) is 30.0 Å². The van der Waals surface area contributed by atoms with E-state index in [-0.39, 0.29) is 25.6 Å². The second kappa shape index (κ2) is 9.58. The molecule has 1 aromatic heterocycles. The molecule has 0 aliphatic carbocycles. The van der Waals surface area contributed by atoms with Crippen LogP contribution in [0.25, 0.3) is 0 Å². The summed E-state index contributed by atoms with van der Waals surface area (Å²) in [6, 6.07) is 8.38. The van der Waals surface area contributed by atoms with Crippen LogP contribution in [0.1, 0.15) is 18.4 Å². The van der Waals surface area contributed by atoms with Crippen molar-refractivity contribution in [2.24, 2.45) is 0 Å². The maximum atomic E-state index is 14.9. The smallest absolute Gasteiger partial charge is 0.414 e. The zero-order valence-electron chi connectivity index (χ0n) is 17.9. The van der Waals surface area contributed by atoms with Crippen LogP contribution < -0.4 is 15.1 Å². The van der Waals surface area contributed by atoms with Crippen molar-refractivity contribution in [2.75, 3.05) is 49.1 Å². The molecule has 1 aromatic carbocycles. The van der Waals surface area contributed by atoms with Crippen molar-refractivity contribution in [3.8, 4) is 0 Å². The molecule has 9 nitrogen and oxygen atoms in total. The highest BCUT2D eigenvalue weighted by Gasteiger charge is 2.33. The summed E-state index contributed by atoms with van der Waals surface area (Å²) in [6.45, 7) is 5.22. The third kappa shape index (κ3) is 5.03. The number of piperazine rings is 1. The highest BCUT2D eigenvalue weighted by molar-refractivity contribution is 5.90. The predicted molar refractivity (Wildman–Crippen MR) is 115 cm³/mol. The normalized spacial score (nSPS) is 19.3. The van der Waals surface area contributed by atoms with Crippen LogP contribution in [0.15, 0.2) is 34.7 Å². The summed E-state index contributed by atoms with van der Waals surface area (Å²) in [7, 11) is 0. The SMILES string of the molecule is CC(=O)NC[C@H]1CN(c2ccc(N3CCN(Cc4ccc(CO)o4)CC3)c(F)c2)C(=O)O1. The molecule has 1 atom stereocenters. The highest BCUT2D eigenvalue weighted by atomic mass is 19.1. The molecule has 2 aliphatic heterocycles. The van der Waals surface area contributed by atoms with Crippen molar-refractivity contribution in [3.63, 3.8) is 0 Å². The number of nitrogens with zero attached hydrogens (tertiary/aromatic N) is 3. The number of hydrogen-bond donors (Lipinski definition) is 2. The summed E-state index contributed by atoms with van der Waals surface area (Å²) in [5, 5.41) is 11.7. The number of carbonyl (C=O) groups excluding carboxylic acids is 2. The first-order valence-corrected chi connectivity index (χ1v) is 10.6. The lowest BCUT2D eigenvalue weighted by atomic mass is 10.2. The van der Waals surface area contributed by atoms with Crippen LogP contribution in [0.3, 0.4) is 0 Å². The summed E-state index contributed by atoms with van der Waals surface area (Å²) in [5.41, 5.74) is 0.925. The molecular weight excluding hydrogens is 419 g/mol.